The highest BCUT2D eigenvalue weighted by Gasteiger charge is 2.20. The molecule has 1 aromatic carbocycles. The Kier molecular flexibility index (Phi) is 5.45. The molecule has 0 spiro atoms. The van der Waals surface area contributed by atoms with E-state index in [9.17, 15) is 4.79 Å². The van der Waals surface area contributed by atoms with Crippen LogP contribution in [0, 0.1) is 13.8 Å². The first kappa shape index (κ1) is 17.1. The molecule has 1 atom stereocenters. The SMILES string of the molecule is Cc1ccc(OCc2ccc(C(=O)N(C)C(C)CO)o2)c(C)c1. The van der Waals surface area contributed by atoms with Gasteiger partial charge in [-0.2, -0.15) is 0 Å². The third-order valence-electron chi connectivity index (χ3n) is 3.82. The standard InChI is InChI=1S/C18H23NO4/c1-12-5-7-16(13(2)9-12)22-11-15-6-8-17(23-15)18(21)19(4)14(3)10-20/h5-9,14,20H,10-11H2,1-4H3. The van der Waals surface area contributed by atoms with Crippen LogP contribution in [0.3, 0.4) is 0 Å². The number of hydrogen-bond donors (Lipinski definition) is 1. The molecule has 0 aliphatic carbocycles. The predicted octanol–water partition coefficient (Wildman–Crippen LogP) is 2.93. The summed E-state index contributed by atoms with van der Waals surface area (Å²) in [6, 6.07) is 9.07. The molecule has 1 N–H and O–H groups in total. The van der Waals surface area contributed by atoms with E-state index in [0.717, 1.165) is 11.3 Å². The average Bonchev–Trinajstić information content (AvgIpc) is 3.00. The maximum absolute atomic E-state index is 12.2. The molecule has 5 heteroatoms. The van der Waals surface area contributed by atoms with Gasteiger partial charge >= 0.3 is 0 Å². The predicted molar refractivity (Wildman–Crippen MR) is 87.6 cm³/mol. The van der Waals surface area contributed by atoms with Crippen molar-refractivity contribution in [1.82, 2.24) is 4.90 Å². The topological polar surface area (TPSA) is 62.9 Å². The second-order valence-electron chi connectivity index (χ2n) is 5.77. The lowest BCUT2D eigenvalue weighted by molar-refractivity contribution is 0.0647. The van der Waals surface area contributed by atoms with Gasteiger partial charge in [0.2, 0.25) is 0 Å². The van der Waals surface area contributed by atoms with Crippen molar-refractivity contribution in [2.75, 3.05) is 13.7 Å². The second kappa shape index (κ2) is 7.33. The fraction of sp³-hybridized carbons (Fsp3) is 0.389. The summed E-state index contributed by atoms with van der Waals surface area (Å²) >= 11 is 0. The van der Waals surface area contributed by atoms with Crippen LogP contribution in [0.2, 0.25) is 0 Å². The Morgan fingerprint density at radius 2 is 2.04 bits per heavy atom. The van der Waals surface area contributed by atoms with E-state index in [1.165, 1.54) is 10.5 Å². The summed E-state index contributed by atoms with van der Waals surface area (Å²) in [5, 5.41) is 9.12. The summed E-state index contributed by atoms with van der Waals surface area (Å²) in [6.45, 7) is 5.96. The van der Waals surface area contributed by atoms with Gasteiger partial charge in [-0.05, 0) is 44.5 Å². The first-order chi connectivity index (χ1) is 10.9. The number of benzene rings is 1. The lowest BCUT2D eigenvalue weighted by Gasteiger charge is -2.21. The molecule has 1 heterocycles. The number of amides is 1. The lowest BCUT2D eigenvalue weighted by atomic mass is 10.1. The van der Waals surface area contributed by atoms with Gasteiger partial charge in [0.25, 0.3) is 5.91 Å². The highest BCUT2D eigenvalue weighted by molar-refractivity contribution is 5.91. The first-order valence-electron chi connectivity index (χ1n) is 7.59. The summed E-state index contributed by atoms with van der Waals surface area (Å²) < 4.78 is 11.3. The molecule has 124 valence electrons. The number of aliphatic hydroxyl groups is 1. The number of ether oxygens (including phenoxy) is 1. The lowest BCUT2D eigenvalue weighted by Crippen LogP contribution is -2.37. The molecule has 0 aliphatic heterocycles. The zero-order chi connectivity index (χ0) is 17.0. The van der Waals surface area contributed by atoms with E-state index in [1.54, 1.807) is 26.1 Å². The van der Waals surface area contributed by atoms with Crippen molar-refractivity contribution in [3.8, 4) is 5.75 Å². The molecule has 0 saturated heterocycles. The van der Waals surface area contributed by atoms with Gasteiger partial charge in [-0.15, -0.1) is 0 Å². The molecular weight excluding hydrogens is 294 g/mol. The van der Waals surface area contributed by atoms with Gasteiger partial charge in [0.15, 0.2) is 5.76 Å². The molecule has 23 heavy (non-hydrogen) atoms. The van der Waals surface area contributed by atoms with Gasteiger partial charge < -0.3 is 19.2 Å². The van der Waals surface area contributed by atoms with E-state index in [-0.39, 0.29) is 30.9 Å². The summed E-state index contributed by atoms with van der Waals surface area (Å²) in [7, 11) is 1.64. The Labute approximate surface area is 136 Å². The van der Waals surface area contributed by atoms with Gasteiger partial charge in [0.1, 0.15) is 18.1 Å². The maximum Gasteiger partial charge on any atom is 0.289 e. The minimum absolute atomic E-state index is 0.0916. The highest BCUT2D eigenvalue weighted by atomic mass is 16.5. The van der Waals surface area contributed by atoms with Crippen molar-refractivity contribution in [2.45, 2.75) is 33.4 Å². The van der Waals surface area contributed by atoms with E-state index in [4.69, 9.17) is 14.3 Å². The van der Waals surface area contributed by atoms with Crippen LogP contribution in [-0.2, 0) is 6.61 Å². The van der Waals surface area contributed by atoms with Crippen molar-refractivity contribution >= 4 is 5.91 Å². The van der Waals surface area contributed by atoms with Gasteiger partial charge in [0, 0.05) is 7.05 Å². The number of nitrogens with zero attached hydrogens (tertiary/aromatic N) is 1. The van der Waals surface area contributed by atoms with Crippen LogP contribution in [0.4, 0.5) is 0 Å². The van der Waals surface area contributed by atoms with Crippen LogP contribution in [-0.4, -0.2) is 35.6 Å². The summed E-state index contributed by atoms with van der Waals surface area (Å²) in [5.41, 5.74) is 2.24. The van der Waals surface area contributed by atoms with Crippen molar-refractivity contribution < 1.29 is 19.1 Å². The number of aliphatic hydroxyl groups excluding tert-OH is 1. The number of aryl methyl sites for hydroxylation is 2. The van der Waals surface area contributed by atoms with E-state index in [0.29, 0.717) is 5.76 Å². The minimum Gasteiger partial charge on any atom is -0.485 e. The summed E-state index contributed by atoms with van der Waals surface area (Å²) in [5.74, 6) is 1.36. The van der Waals surface area contributed by atoms with Gasteiger partial charge in [-0.25, -0.2) is 0 Å². The highest BCUT2D eigenvalue weighted by Crippen LogP contribution is 2.21. The number of carbonyl (C=O) groups is 1. The summed E-state index contributed by atoms with van der Waals surface area (Å²) in [4.78, 5) is 13.7. The van der Waals surface area contributed by atoms with Crippen LogP contribution in [0.1, 0.15) is 34.4 Å². The zero-order valence-electron chi connectivity index (χ0n) is 14.0. The Hall–Kier alpha value is -2.27. The molecule has 1 amide bonds. The molecule has 2 rings (SSSR count). The number of likely N-dealkylation sites (N-methyl/N-ethyl adjacent to an activating group) is 1. The minimum atomic E-state index is -0.262. The fourth-order valence-electron chi connectivity index (χ4n) is 2.18. The van der Waals surface area contributed by atoms with E-state index < -0.39 is 0 Å². The van der Waals surface area contributed by atoms with Crippen LogP contribution in [0.5, 0.6) is 5.75 Å². The molecule has 0 bridgehead atoms. The molecule has 0 aliphatic rings. The van der Waals surface area contributed by atoms with E-state index >= 15 is 0 Å². The number of rotatable bonds is 6. The quantitative estimate of drug-likeness (QED) is 0.890. The van der Waals surface area contributed by atoms with Crippen molar-refractivity contribution in [3.63, 3.8) is 0 Å². The number of furan rings is 1. The molecule has 1 unspecified atom stereocenters. The van der Waals surface area contributed by atoms with Gasteiger partial charge in [0.05, 0.1) is 12.6 Å². The number of hydrogen-bond acceptors (Lipinski definition) is 4. The molecular formula is C18H23NO4. The molecule has 0 radical (unpaired) electrons. The van der Waals surface area contributed by atoms with E-state index in [2.05, 4.69) is 6.07 Å². The Bertz CT molecular complexity index is 677. The van der Waals surface area contributed by atoms with Crippen LogP contribution in [0.25, 0.3) is 0 Å². The van der Waals surface area contributed by atoms with Crippen LogP contribution >= 0.6 is 0 Å². The number of carbonyl (C=O) groups excluding carboxylic acids is 1. The second-order valence-corrected chi connectivity index (χ2v) is 5.77. The van der Waals surface area contributed by atoms with Crippen molar-refractivity contribution in [2.24, 2.45) is 0 Å². The van der Waals surface area contributed by atoms with Crippen LogP contribution < -0.4 is 4.74 Å². The third kappa shape index (κ3) is 4.13. The van der Waals surface area contributed by atoms with Crippen LogP contribution in [0.15, 0.2) is 34.7 Å². The monoisotopic (exact) mass is 317 g/mol. The maximum atomic E-state index is 12.2. The largest absolute Gasteiger partial charge is 0.485 e. The third-order valence-corrected chi connectivity index (χ3v) is 3.82. The smallest absolute Gasteiger partial charge is 0.289 e. The van der Waals surface area contributed by atoms with Crippen molar-refractivity contribution in [3.05, 3.63) is 53.0 Å². The Balaban J connectivity index is 2.01. The first-order valence-corrected chi connectivity index (χ1v) is 7.59. The molecule has 5 nitrogen and oxygen atoms in total. The summed E-state index contributed by atoms with van der Waals surface area (Å²) in [6.07, 6.45) is 0. The molecule has 1 aromatic heterocycles. The average molecular weight is 317 g/mol. The Morgan fingerprint density at radius 1 is 1.30 bits per heavy atom. The van der Waals surface area contributed by atoms with E-state index in [1.807, 2.05) is 26.0 Å². The normalized spacial score (nSPS) is 12.0. The zero-order valence-corrected chi connectivity index (χ0v) is 14.0. The van der Waals surface area contributed by atoms with Gasteiger partial charge in [-0.3, -0.25) is 4.79 Å². The van der Waals surface area contributed by atoms with Gasteiger partial charge in [-0.1, -0.05) is 17.7 Å². The Morgan fingerprint density at radius 3 is 2.70 bits per heavy atom. The molecule has 0 saturated carbocycles. The molecule has 2 aromatic rings. The fourth-order valence-corrected chi connectivity index (χ4v) is 2.18. The van der Waals surface area contributed by atoms with Crippen molar-refractivity contribution in [1.29, 1.82) is 0 Å². The molecule has 0 fully saturated rings.